The summed E-state index contributed by atoms with van der Waals surface area (Å²) in [5.74, 6) is 1.47. The number of pyridine rings is 1. The van der Waals surface area contributed by atoms with Crippen molar-refractivity contribution in [2.24, 2.45) is 5.73 Å². The second-order valence-electron chi connectivity index (χ2n) is 8.71. The van der Waals surface area contributed by atoms with Crippen LogP contribution in [0.25, 0.3) is 10.9 Å². The third kappa shape index (κ3) is 3.82. The van der Waals surface area contributed by atoms with Gasteiger partial charge in [-0.05, 0) is 37.6 Å². The molecular formula is C24H28N4O2S. The molecule has 2 unspecified atom stereocenters. The van der Waals surface area contributed by atoms with Gasteiger partial charge in [-0.15, -0.1) is 0 Å². The zero-order valence-electron chi connectivity index (χ0n) is 17.9. The first-order chi connectivity index (χ1) is 14.9. The average molecular weight is 437 g/mol. The minimum Gasteiger partial charge on any atom is -0.382 e. The van der Waals surface area contributed by atoms with Crippen molar-refractivity contribution >= 4 is 33.2 Å². The van der Waals surface area contributed by atoms with Gasteiger partial charge in [0.05, 0.1) is 41.1 Å². The molecule has 0 radical (unpaired) electrons. The molecule has 1 saturated heterocycles. The smallest absolute Gasteiger partial charge is 0.131 e. The lowest BCUT2D eigenvalue weighted by Crippen LogP contribution is -2.61. The fourth-order valence-electron chi connectivity index (χ4n) is 4.36. The Morgan fingerprint density at radius 3 is 2.84 bits per heavy atom. The standard InChI is InChI=1S/C24H28N4O2S/c1-16-7-8-20-19(11-16)21(26-13-24(25)14-30-15-24)12-23(27-20)28-9-10-31(29)22-6-4-3-5-18(22)17(28)2/h3-8,11-12,17H,9-10,13-15,25H2,1-2H3,(H,26,27). The first kappa shape index (κ1) is 20.4. The molecule has 1 aromatic heterocycles. The van der Waals surface area contributed by atoms with E-state index in [-0.39, 0.29) is 11.6 Å². The Morgan fingerprint density at radius 2 is 2.06 bits per heavy atom. The molecule has 7 heteroatoms. The molecule has 2 aromatic carbocycles. The normalized spacial score (nSPS) is 22.5. The van der Waals surface area contributed by atoms with E-state index < -0.39 is 10.8 Å². The molecule has 2 aliphatic heterocycles. The van der Waals surface area contributed by atoms with Gasteiger partial charge in [0.25, 0.3) is 0 Å². The number of aryl methyl sites for hydroxylation is 1. The Morgan fingerprint density at radius 1 is 1.26 bits per heavy atom. The minimum atomic E-state index is -1.01. The summed E-state index contributed by atoms with van der Waals surface area (Å²) in [6.45, 7) is 6.71. The first-order valence-corrected chi connectivity index (χ1v) is 12.0. The quantitative estimate of drug-likeness (QED) is 0.653. The number of rotatable bonds is 4. The highest BCUT2D eigenvalue weighted by Crippen LogP contribution is 2.35. The largest absolute Gasteiger partial charge is 0.382 e. The van der Waals surface area contributed by atoms with Gasteiger partial charge >= 0.3 is 0 Å². The van der Waals surface area contributed by atoms with Crippen LogP contribution in [0.2, 0.25) is 0 Å². The zero-order chi connectivity index (χ0) is 21.6. The number of nitrogens with zero attached hydrogens (tertiary/aromatic N) is 2. The Hall–Kier alpha value is -2.48. The van der Waals surface area contributed by atoms with E-state index in [0.29, 0.717) is 32.1 Å². The van der Waals surface area contributed by atoms with Crippen molar-refractivity contribution < 1.29 is 8.95 Å². The highest BCUT2D eigenvalue weighted by atomic mass is 32.2. The molecule has 6 nitrogen and oxygen atoms in total. The number of ether oxygens (including phenoxy) is 1. The fourth-order valence-corrected chi connectivity index (χ4v) is 5.67. The van der Waals surface area contributed by atoms with Crippen molar-refractivity contribution in [1.29, 1.82) is 0 Å². The number of hydrogen-bond donors (Lipinski definition) is 2. The number of anilines is 2. The van der Waals surface area contributed by atoms with Crippen LogP contribution in [0, 0.1) is 6.92 Å². The molecule has 0 amide bonds. The lowest BCUT2D eigenvalue weighted by molar-refractivity contribution is -0.0461. The van der Waals surface area contributed by atoms with Crippen LogP contribution in [0.5, 0.6) is 0 Å². The lowest BCUT2D eigenvalue weighted by Gasteiger charge is -2.38. The minimum absolute atomic E-state index is 0.0757. The van der Waals surface area contributed by atoms with Gasteiger partial charge < -0.3 is 20.7 Å². The van der Waals surface area contributed by atoms with E-state index in [1.165, 1.54) is 5.56 Å². The molecular weight excluding hydrogens is 408 g/mol. The van der Waals surface area contributed by atoms with E-state index in [2.05, 4.69) is 54.4 Å². The molecule has 1 fully saturated rings. The number of nitrogens with one attached hydrogen (secondary N) is 1. The molecule has 0 aliphatic carbocycles. The number of fused-ring (bicyclic) bond motifs is 2. The van der Waals surface area contributed by atoms with Crippen molar-refractivity contribution in [2.45, 2.75) is 30.3 Å². The van der Waals surface area contributed by atoms with Crippen LogP contribution < -0.4 is 16.0 Å². The molecule has 2 aliphatic rings. The van der Waals surface area contributed by atoms with Crippen LogP contribution in [0.15, 0.2) is 53.4 Å². The predicted octanol–water partition coefficient (Wildman–Crippen LogP) is 3.37. The topological polar surface area (TPSA) is 80.5 Å². The molecule has 31 heavy (non-hydrogen) atoms. The highest BCUT2D eigenvalue weighted by molar-refractivity contribution is 7.85. The molecule has 3 heterocycles. The van der Waals surface area contributed by atoms with E-state index in [1.807, 2.05) is 18.2 Å². The van der Waals surface area contributed by atoms with E-state index in [0.717, 1.165) is 32.9 Å². The Labute approximate surface area is 185 Å². The lowest BCUT2D eigenvalue weighted by atomic mass is 9.99. The molecule has 2 atom stereocenters. The van der Waals surface area contributed by atoms with Gasteiger partial charge in [0.1, 0.15) is 5.82 Å². The van der Waals surface area contributed by atoms with Gasteiger partial charge in [0, 0.05) is 40.9 Å². The van der Waals surface area contributed by atoms with Gasteiger partial charge in [-0.3, -0.25) is 4.21 Å². The number of nitrogens with two attached hydrogens (primary N) is 1. The SMILES string of the molecule is Cc1ccc2nc(N3CCS(=O)c4ccccc4C3C)cc(NCC3(N)COC3)c2c1. The summed E-state index contributed by atoms with van der Waals surface area (Å²) in [7, 11) is -1.01. The molecule has 0 spiro atoms. The summed E-state index contributed by atoms with van der Waals surface area (Å²) in [5.41, 5.74) is 10.3. The third-order valence-corrected chi connectivity index (χ3v) is 7.67. The maximum atomic E-state index is 12.8. The molecule has 3 aromatic rings. The van der Waals surface area contributed by atoms with Crippen molar-refractivity contribution in [3.63, 3.8) is 0 Å². The maximum Gasteiger partial charge on any atom is 0.131 e. The van der Waals surface area contributed by atoms with E-state index in [4.69, 9.17) is 15.5 Å². The van der Waals surface area contributed by atoms with E-state index in [1.54, 1.807) is 0 Å². The van der Waals surface area contributed by atoms with Crippen LogP contribution in [-0.2, 0) is 15.5 Å². The Kier molecular flexibility index (Phi) is 5.20. The summed E-state index contributed by atoms with van der Waals surface area (Å²) in [6, 6.07) is 16.5. The summed E-state index contributed by atoms with van der Waals surface area (Å²) in [6.07, 6.45) is 0. The van der Waals surface area contributed by atoms with Crippen molar-refractivity contribution in [3.05, 3.63) is 59.7 Å². The first-order valence-electron chi connectivity index (χ1n) is 10.7. The maximum absolute atomic E-state index is 12.8. The fraction of sp³-hybridized carbons (Fsp3) is 0.375. The number of aromatic nitrogens is 1. The van der Waals surface area contributed by atoms with Crippen LogP contribution in [0.4, 0.5) is 11.5 Å². The van der Waals surface area contributed by atoms with Crippen molar-refractivity contribution in [1.82, 2.24) is 4.98 Å². The van der Waals surface area contributed by atoms with Gasteiger partial charge in [-0.2, -0.15) is 0 Å². The Balaban J connectivity index is 1.56. The summed E-state index contributed by atoms with van der Waals surface area (Å²) in [5, 5.41) is 4.65. The molecule has 0 saturated carbocycles. The highest BCUT2D eigenvalue weighted by Gasteiger charge is 2.34. The summed E-state index contributed by atoms with van der Waals surface area (Å²) >= 11 is 0. The molecule has 3 N–H and O–H groups in total. The van der Waals surface area contributed by atoms with Gasteiger partial charge in [0.15, 0.2) is 0 Å². The predicted molar refractivity (Wildman–Crippen MR) is 126 cm³/mol. The van der Waals surface area contributed by atoms with Gasteiger partial charge in [0.2, 0.25) is 0 Å². The van der Waals surface area contributed by atoms with E-state index in [9.17, 15) is 4.21 Å². The van der Waals surface area contributed by atoms with E-state index >= 15 is 0 Å². The van der Waals surface area contributed by atoms with Crippen LogP contribution in [0.1, 0.15) is 24.1 Å². The molecule has 0 bridgehead atoms. The molecule has 5 rings (SSSR count). The monoisotopic (exact) mass is 436 g/mol. The summed E-state index contributed by atoms with van der Waals surface area (Å²) in [4.78, 5) is 8.20. The third-order valence-electron chi connectivity index (χ3n) is 6.25. The van der Waals surface area contributed by atoms with Crippen LogP contribution in [0.3, 0.4) is 0 Å². The number of benzene rings is 2. The zero-order valence-corrected chi connectivity index (χ0v) is 18.7. The average Bonchev–Trinajstić information content (AvgIpc) is 2.88. The summed E-state index contributed by atoms with van der Waals surface area (Å²) < 4.78 is 18.1. The number of hydrogen-bond acceptors (Lipinski definition) is 6. The van der Waals surface area contributed by atoms with Gasteiger partial charge in [-0.25, -0.2) is 4.98 Å². The van der Waals surface area contributed by atoms with Gasteiger partial charge in [-0.1, -0.05) is 29.8 Å². The van der Waals surface area contributed by atoms with Crippen molar-refractivity contribution in [3.8, 4) is 0 Å². The second-order valence-corrected chi connectivity index (χ2v) is 10.3. The molecule has 162 valence electrons. The van der Waals surface area contributed by atoms with Crippen molar-refractivity contribution in [2.75, 3.05) is 42.3 Å². The van der Waals surface area contributed by atoms with Crippen LogP contribution >= 0.6 is 0 Å². The Bertz CT molecular complexity index is 1160. The van der Waals surface area contributed by atoms with Crippen LogP contribution in [-0.4, -0.2) is 46.8 Å². The second kappa shape index (κ2) is 7.89.